The summed E-state index contributed by atoms with van der Waals surface area (Å²) < 4.78 is 45.6. The van der Waals surface area contributed by atoms with Gasteiger partial charge in [-0.25, -0.2) is 9.59 Å². The monoisotopic (exact) mass is 538 g/mol. The van der Waals surface area contributed by atoms with E-state index in [1.165, 1.54) is 0 Å². The third-order valence-electron chi connectivity index (χ3n) is 6.35. The molecule has 0 spiro atoms. The molecule has 1 amide bonds. The average Bonchev–Trinajstić information content (AvgIpc) is 3.07. The SMILES string of the molecule is CCCN(COC[C@H]1O[C@@H](n2ccc(N)nc2=O)C(F)(F)[C@@H]1O)C(=O)O[C@@H]1C[C@H](CO)[C@@H](O)[C@H](O)[C@H]1O. The fraction of sp³-hybridized carbons (Fsp3) is 0.762. The molecule has 1 aromatic rings. The number of aliphatic hydroxyl groups is 5. The molecule has 0 aromatic carbocycles. The van der Waals surface area contributed by atoms with Crippen LogP contribution >= 0.6 is 0 Å². The fourth-order valence-electron chi connectivity index (χ4n) is 4.25. The van der Waals surface area contributed by atoms with Crippen molar-refractivity contribution in [3.8, 4) is 0 Å². The molecule has 1 aliphatic carbocycles. The minimum absolute atomic E-state index is 0.107. The number of amides is 1. The van der Waals surface area contributed by atoms with Crippen molar-refractivity contribution in [3.63, 3.8) is 0 Å². The number of hydrogen-bond acceptors (Lipinski definition) is 12. The van der Waals surface area contributed by atoms with Crippen LogP contribution in [0.4, 0.5) is 19.4 Å². The fourth-order valence-corrected chi connectivity index (χ4v) is 4.25. The lowest BCUT2D eigenvalue weighted by Gasteiger charge is -2.39. The normalized spacial score (nSPS) is 33.3. The Kier molecular flexibility index (Phi) is 9.38. The van der Waals surface area contributed by atoms with Gasteiger partial charge in [-0.3, -0.25) is 9.47 Å². The molecule has 3 rings (SSSR count). The molecule has 2 aliphatic rings. The molecule has 16 heteroatoms. The Labute approximate surface area is 209 Å². The lowest BCUT2D eigenvalue weighted by Crippen LogP contribution is -2.56. The Balaban J connectivity index is 1.60. The number of aromatic nitrogens is 2. The van der Waals surface area contributed by atoms with Gasteiger partial charge in [0.05, 0.1) is 12.7 Å². The first kappa shape index (κ1) is 29.1. The first-order valence-corrected chi connectivity index (χ1v) is 11.7. The van der Waals surface area contributed by atoms with E-state index in [0.717, 1.165) is 17.2 Å². The molecule has 2 fully saturated rings. The number of nitrogens with two attached hydrogens (primary N) is 1. The van der Waals surface area contributed by atoms with Gasteiger partial charge in [-0.05, 0) is 18.9 Å². The van der Waals surface area contributed by atoms with Gasteiger partial charge < -0.3 is 45.5 Å². The predicted molar refractivity (Wildman–Crippen MR) is 119 cm³/mol. The molecule has 2 heterocycles. The minimum atomic E-state index is -3.87. The Morgan fingerprint density at radius 2 is 2.00 bits per heavy atom. The van der Waals surface area contributed by atoms with E-state index >= 15 is 0 Å². The molecule has 37 heavy (non-hydrogen) atoms. The number of anilines is 1. The Morgan fingerprint density at radius 1 is 1.30 bits per heavy atom. The van der Waals surface area contributed by atoms with Gasteiger partial charge >= 0.3 is 17.7 Å². The third-order valence-corrected chi connectivity index (χ3v) is 6.35. The summed E-state index contributed by atoms with van der Waals surface area (Å²) in [6, 6.07) is 1.12. The maximum absolute atomic E-state index is 14.7. The first-order chi connectivity index (χ1) is 17.4. The molecule has 8 atom stereocenters. The van der Waals surface area contributed by atoms with Crippen LogP contribution in [0.5, 0.6) is 0 Å². The van der Waals surface area contributed by atoms with Crippen LogP contribution in [-0.2, 0) is 14.2 Å². The average molecular weight is 539 g/mol. The quantitative estimate of drug-likeness (QED) is 0.189. The largest absolute Gasteiger partial charge is 0.443 e. The second kappa shape index (κ2) is 11.9. The van der Waals surface area contributed by atoms with Gasteiger partial charge in [-0.2, -0.15) is 13.8 Å². The number of ether oxygens (including phenoxy) is 3. The smallest absolute Gasteiger partial charge is 0.411 e. The van der Waals surface area contributed by atoms with Crippen molar-refractivity contribution in [2.24, 2.45) is 5.92 Å². The number of carbonyl (C=O) groups excluding carboxylic acids is 1. The lowest BCUT2D eigenvalue weighted by molar-refractivity contribution is -0.167. The van der Waals surface area contributed by atoms with E-state index in [1.54, 1.807) is 6.92 Å². The highest BCUT2D eigenvalue weighted by atomic mass is 19.3. The number of alkyl halides is 2. The molecule has 1 saturated heterocycles. The summed E-state index contributed by atoms with van der Waals surface area (Å²) in [6.07, 6.45) is -11.6. The van der Waals surface area contributed by atoms with E-state index in [2.05, 4.69) is 4.98 Å². The van der Waals surface area contributed by atoms with E-state index in [0.29, 0.717) is 11.0 Å². The molecular formula is C21H32F2N4O10. The number of aliphatic hydroxyl groups excluding tert-OH is 5. The highest BCUT2D eigenvalue weighted by Gasteiger charge is 2.59. The predicted octanol–water partition coefficient (Wildman–Crippen LogP) is -1.99. The molecule has 0 radical (unpaired) electrons. The standard InChI is InChI=1S/C21H32F2N4O10/c1-2-4-26(20(34)37-11-6-10(7-28)14(29)16(31)15(11)30)9-35-8-12-17(32)21(22,23)18(36-12)27-5-3-13(24)25-19(27)33/h3,5,10-12,14-18,28-32H,2,4,6-9H2,1H3,(H2,24,25,33)/t10-,11-,12-,14-,15+,16+,17-,18-/m1/s1. The van der Waals surface area contributed by atoms with Crippen LogP contribution < -0.4 is 11.4 Å². The van der Waals surface area contributed by atoms with Gasteiger partial charge in [0.1, 0.15) is 37.0 Å². The zero-order valence-corrected chi connectivity index (χ0v) is 20.0. The third kappa shape index (κ3) is 6.17. The van der Waals surface area contributed by atoms with Crippen molar-refractivity contribution >= 4 is 11.9 Å². The second-order valence-corrected chi connectivity index (χ2v) is 9.02. The van der Waals surface area contributed by atoms with E-state index in [1.807, 2.05) is 0 Å². The topological polar surface area (TPSA) is 210 Å². The number of carbonyl (C=O) groups is 1. The molecule has 14 nitrogen and oxygen atoms in total. The highest BCUT2D eigenvalue weighted by molar-refractivity contribution is 5.67. The van der Waals surface area contributed by atoms with Crippen LogP contribution in [0.25, 0.3) is 0 Å². The van der Waals surface area contributed by atoms with Crippen LogP contribution in [0.1, 0.15) is 26.0 Å². The first-order valence-electron chi connectivity index (χ1n) is 11.7. The van der Waals surface area contributed by atoms with Crippen LogP contribution in [-0.4, -0.2) is 115 Å². The van der Waals surface area contributed by atoms with Crippen molar-refractivity contribution in [1.82, 2.24) is 14.5 Å². The molecule has 1 aromatic heterocycles. The van der Waals surface area contributed by atoms with Crippen molar-refractivity contribution < 1.29 is 53.3 Å². The van der Waals surface area contributed by atoms with Crippen molar-refractivity contribution in [2.45, 2.75) is 68.5 Å². The summed E-state index contributed by atoms with van der Waals surface area (Å²) in [6.45, 7) is 0.299. The maximum Gasteiger partial charge on any atom is 0.411 e. The number of halogens is 2. The number of nitrogen functional groups attached to an aromatic ring is 1. The Bertz CT molecular complexity index is 983. The zero-order valence-electron chi connectivity index (χ0n) is 20.0. The molecule has 0 unspecified atom stereocenters. The lowest BCUT2D eigenvalue weighted by atomic mass is 9.81. The van der Waals surface area contributed by atoms with Crippen molar-refractivity contribution in [2.75, 3.05) is 32.2 Å². The van der Waals surface area contributed by atoms with Gasteiger partial charge in [0, 0.05) is 25.3 Å². The second-order valence-electron chi connectivity index (χ2n) is 9.02. The summed E-state index contributed by atoms with van der Waals surface area (Å²) >= 11 is 0. The van der Waals surface area contributed by atoms with E-state index in [4.69, 9.17) is 19.9 Å². The molecular weight excluding hydrogens is 506 g/mol. The van der Waals surface area contributed by atoms with Crippen LogP contribution in [0, 0.1) is 5.92 Å². The number of rotatable bonds is 9. The van der Waals surface area contributed by atoms with E-state index in [-0.39, 0.29) is 18.8 Å². The summed E-state index contributed by atoms with van der Waals surface area (Å²) in [5.74, 6) is -4.88. The maximum atomic E-state index is 14.7. The minimum Gasteiger partial charge on any atom is -0.443 e. The summed E-state index contributed by atoms with van der Waals surface area (Å²) in [4.78, 5) is 29.1. The molecule has 210 valence electrons. The van der Waals surface area contributed by atoms with Gasteiger partial charge in [0.25, 0.3) is 0 Å². The molecule has 1 saturated carbocycles. The van der Waals surface area contributed by atoms with Crippen molar-refractivity contribution in [1.29, 1.82) is 0 Å². The molecule has 1 aliphatic heterocycles. The van der Waals surface area contributed by atoms with Crippen molar-refractivity contribution in [3.05, 3.63) is 22.7 Å². The van der Waals surface area contributed by atoms with Gasteiger partial charge in [-0.15, -0.1) is 0 Å². The molecule has 0 bridgehead atoms. The highest BCUT2D eigenvalue weighted by Crippen LogP contribution is 2.42. The van der Waals surface area contributed by atoms with Crippen LogP contribution in [0.15, 0.2) is 17.1 Å². The number of hydrogen-bond donors (Lipinski definition) is 6. The zero-order chi connectivity index (χ0) is 27.5. The van der Waals surface area contributed by atoms with Gasteiger partial charge in [-0.1, -0.05) is 6.92 Å². The van der Waals surface area contributed by atoms with Crippen LogP contribution in [0.2, 0.25) is 0 Å². The summed E-state index contributed by atoms with van der Waals surface area (Å²) in [5.41, 5.74) is 4.28. The van der Waals surface area contributed by atoms with Crippen LogP contribution in [0.3, 0.4) is 0 Å². The number of nitrogens with zero attached hydrogens (tertiary/aromatic N) is 3. The Hall–Kier alpha value is -2.47. The summed E-state index contributed by atoms with van der Waals surface area (Å²) in [5, 5.41) is 49.5. The van der Waals surface area contributed by atoms with E-state index in [9.17, 15) is 43.9 Å². The summed E-state index contributed by atoms with van der Waals surface area (Å²) in [7, 11) is 0. The Morgan fingerprint density at radius 3 is 2.62 bits per heavy atom. The van der Waals surface area contributed by atoms with Gasteiger partial charge in [0.2, 0.25) is 6.23 Å². The van der Waals surface area contributed by atoms with E-state index < -0.39 is 86.4 Å². The molecule has 7 N–H and O–H groups in total. The van der Waals surface area contributed by atoms with Gasteiger partial charge in [0.15, 0.2) is 6.10 Å².